The molecule has 5 nitrogen and oxygen atoms in total. The number of aromatic nitrogens is 2. The second kappa shape index (κ2) is 6.43. The molecule has 0 radical (unpaired) electrons. The molecule has 0 fully saturated rings. The first-order valence-electron chi connectivity index (χ1n) is 6.60. The van der Waals surface area contributed by atoms with Crippen LogP contribution in [0.15, 0.2) is 36.5 Å². The molecule has 1 heterocycles. The molecular weight excluding hydrogens is 256 g/mol. The fourth-order valence-electron chi connectivity index (χ4n) is 2.01. The molecule has 1 aromatic carbocycles. The first kappa shape index (κ1) is 14.4. The van der Waals surface area contributed by atoms with E-state index in [2.05, 4.69) is 5.10 Å². The summed E-state index contributed by atoms with van der Waals surface area (Å²) in [5.74, 6) is 1.30. The summed E-state index contributed by atoms with van der Waals surface area (Å²) in [6.45, 7) is 4.15. The molecule has 1 unspecified atom stereocenters. The molecule has 5 heteroatoms. The number of rotatable bonds is 6. The van der Waals surface area contributed by atoms with E-state index in [-0.39, 0.29) is 12.6 Å². The molecule has 0 spiro atoms. The van der Waals surface area contributed by atoms with E-state index in [9.17, 15) is 5.11 Å². The number of para-hydroxylation sites is 1. The van der Waals surface area contributed by atoms with E-state index in [0.29, 0.717) is 11.4 Å². The van der Waals surface area contributed by atoms with Crippen LogP contribution in [0, 0.1) is 0 Å². The van der Waals surface area contributed by atoms with Crippen LogP contribution in [0.2, 0.25) is 0 Å². The smallest absolute Gasteiger partial charge is 0.162 e. The highest BCUT2D eigenvalue weighted by atomic mass is 16.5. The van der Waals surface area contributed by atoms with Gasteiger partial charge < -0.3 is 14.6 Å². The van der Waals surface area contributed by atoms with E-state index in [1.807, 2.05) is 44.2 Å². The van der Waals surface area contributed by atoms with Crippen molar-refractivity contribution >= 4 is 0 Å². The molecule has 0 aliphatic heterocycles. The second-order valence-electron chi connectivity index (χ2n) is 4.78. The lowest BCUT2D eigenvalue weighted by Gasteiger charge is -2.17. The molecule has 1 aromatic heterocycles. The van der Waals surface area contributed by atoms with Crippen LogP contribution in [-0.2, 0) is 0 Å². The van der Waals surface area contributed by atoms with Gasteiger partial charge in [0.1, 0.15) is 24.2 Å². The Hall–Kier alpha value is -2.01. The highest BCUT2D eigenvalue weighted by Gasteiger charge is 2.22. The van der Waals surface area contributed by atoms with Crippen LogP contribution in [0.25, 0.3) is 0 Å². The Kier molecular flexibility index (Phi) is 4.63. The third kappa shape index (κ3) is 3.11. The lowest BCUT2D eigenvalue weighted by Crippen LogP contribution is -2.17. The summed E-state index contributed by atoms with van der Waals surface area (Å²) in [7, 11) is 1.57. The van der Waals surface area contributed by atoms with E-state index >= 15 is 0 Å². The molecule has 20 heavy (non-hydrogen) atoms. The monoisotopic (exact) mass is 276 g/mol. The molecule has 2 rings (SSSR count). The predicted octanol–water partition coefficient (Wildman–Crippen LogP) is 2.59. The third-order valence-corrected chi connectivity index (χ3v) is 2.97. The lowest BCUT2D eigenvalue weighted by atomic mass is 10.2. The van der Waals surface area contributed by atoms with Gasteiger partial charge in [-0.05, 0) is 26.0 Å². The van der Waals surface area contributed by atoms with Gasteiger partial charge in [-0.25, -0.2) is 0 Å². The minimum absolute atomic E-state index is 0.139. The largest absolute Gasteiger partial charge is 0.493 e. The van der Waals surface area contributed by atoms with Gasteiger partial charge in [0, 0.05) is 6.04 Å². The lowest BCUT2D eigenvalue weighted by molar-refractivity contribution is 0.0964. The number of nitrogens with zero attached hydrogens (tertiary/aromatic N) is 2. The van der Waals surface area contributed by atoms with Crippen LogP contribution in [-0.4, -0.2) is 28.6 Å². The summed E-state index contributed by atoms with van der Waals surface area (Å²) < 4.78 is 12.6. The fraction of sp³-hybridized carbons (Fsp3) is 0.400. The van der Waals surface area contributed by atoms with E-state index < -0.39 is 6.10 Å². The van der Waals surface area contributed by atoms with Crippen molar-refractivity contribution < 1.29 is 14.6 Å². The van der Waals surface area contributed by atoms with Crippen LogP contribution in [0.5, 0.6) is 11.5 Å². The van der Waals surface area contributed by atoms with E-state index in [0.717, 1.165) is 5.75 Å². The number of hydrogen-bond donors (Lipinski definition) is 1. The maximum Gasteiger partial charge on any atom is 0.162 e. The van der Waals surface area contributed by atoms with Gasteiger partial charge in [0.25, 0.3) is 0 Å². The van der Waals surface area contributed by atoms with Gasteiger partial charge in [-0.2, -0.15) is 5.10 Å². The predicted molar refractivity (Wildman–Crippen MR) is 76.1 cm³/mol. The molecule has 0 amide bonds. The number of ether oxygens (including phenoxy) is 2. The van der Waals surface area contributed by atoms with Crippen molar-refractivity contribution in [3.63, 3.8) is 0 Å². The standard InChI is InChI=1S/C15H20N2O3/c1-11(2)17-15(14(19-3)9-16-17)13(18)10-20-12-7-5-4-6-8-12/h4-9,11,13,18H,10H2,1-3H3. The average Bonchev–Trinajstić information content (AvgIpc) is 2.90. The van der Waals surface area contributed by atoms with Gasteiger partial charge in [0.05, 0.1) is 13.3 Å². The van der Waals surface area contributed by atoms with Crippen molar-refractivity contribution in [2.75, 3.05) is 13.7 Å². The van der Waals surface area contributed by atoms with E-state index in [1.54, 1.807) is 18.0 Å². The molecule has 0 aliphatic rings. The topological polar surface area (TPSA) is 56.5 Å². The number of methoxy groups -OCH3 is 1. The molecule has 0 bridgehead atoms. The highest BCUT2D eigenvalue weighted by molar-refractivity contribution is 5.28. The van der Waals surface area contributed by atoms with Crippen LogP contribution >= 0.6 is 0 Å². The molecule has 2 aromatic rings. The summed E-state index contributed by atoms with van der Waals surface area (Å²) in [6.07, 6.45) is 0.816. The Morgan fingerprint density at radius 3 is 2.55 bits per heavy atom. The summed E-state index contributed by atoms with van der Waals surface area (Å²) in [5.41, 5.74) is 0.637. The van der Waals surface area contributed by atoms with Crippen molar-refractivity contribution in [2.24, 2.45) is 0 Å². The maximum absolute atomic E-state index is 10.3. The summed E-state index contributed by atoms with van der Waals surface area (Å²) in [6, 6.07) is 9.54. The van der Waals surface area contributed by atoms with Crippen molar-refractivity contribution in [1.82, 2.24) is 9.78 Å². The van der Waals surface area contributed by atoms with Crippen LogP contribution < -0.4 is 9.47 Å². The van der Waals surface area contributed by atoms with Gasteiger partial charge in [0.15, 0.2) is 5.75 Å². The van der Waals surface area contributed by atoms with E-state index in [4.69, 9.17) is 9.47 Å². The van der Waals surface area contributed by atoms with Crippen molar-refractivity contribution in [3.8, 4) is 11.5 Å². The van der Waals surface area contributed by atoms with Gasteiger partial charge >= 0.3 is 0 Å². The molecule has 0 saturated carbocycles. The summed E-state index contributed by atoms with van der Waals surface area (Å²) in [4.78, 5) is 0. The maximum atomic E-state index is 10.3. The second-order valence-corrected chi connectivity index (χ2v) is 4.78. The Balaban J connectivity index is 2.12. The zero-order valence-corrected chi connectivity index (χ0v) is 12.0. The quantitative estimate of drug-likeness (QED) is 0.881. The SMILES string of the molecule is COc1cnn(C(C)C)c1C(O)COc1ccccc1. The average molecular weight is 276 g/mol. The highest BCUT2D eigenvalue weighted by Crippen LogP contribution is 2.28. The van der Waals surface area contributed by atoms with Crippen LogP contribution in [0.4, 0.5) is 0 Å². The summed E-state index contributed by atoms with van der Waals surface area (Å²) in [5, 5.41) is 14.6. The fourth-order valence-corrected chi connectivity index (χ4v) is 2.01. The van der Waals surface area contributed by atoms with Gasteiger partial charge in [-0.3, -0.25) is 4.68 Å². The van der Waals surface area contributed by atoms with Crippen LogP contribution in [0.3, 0.4) is 0 Å². The molecule has 1 atom stereocenters. The number of benzene rings is 1. The van der Waals surface area contributed by atoms with Crippen molar-refractivity contribution in [3.05, 3.63) is 42.2 Å². The molecule has 108 valence electrons. The molecule has 0 saturated heterocycles. The Bertz CT molecular complexity index is 537. The molecular formula is C15H20N2O3. The van der Waals surface area contributed by atoms with Crippen molar-refractivity contribution in [1.29, 1.82) is 0 Å². The Morgan fingerprint density at radius 2 is 1.95 bits per heavy atom. The Morgan fingerprint density at radius 1 is 1.25 bits per heavy atom. The number of hydrogen-bond acceptors (Lipinski definition) is 4. The van der Waals surface area contributed by atoms with Gasteiger partial charge in [-0.15, -0.1) is 0 Å². The van der Waals surface area contributed by atoms with E-state index in [1.165, 1.54) is 0 Å². The zero-order valence-electron chi connectivity index (χ0n) is 12.0. The molecule has 0 aliphatic carbocycles. The third-order valence-electron chi connectivity index (χ3n) is 2.97. The van der Waals surface area contributed by atoms with Crippen molar-refractivity contribution in [2.45, 2.75) is 26.0 Å². The number of aliphatic hydroxyl groups is 1. The normalized spacial score (nSPS) is 12.4. The number of aliphatic hydroxyl groups excluding tert-OH is 1. The Labute approximate surface area is 118 Å². The van der Waals surface area contributed by atoms with Gasteiger partial charge in [0.2, 0.25) is 0 Å². The molecule has 1 N–H and O–H groups in total. The summed E-state index contributed by atoms with van der Waals surface area (Å²) >= 11 is 0. The van der Waals surface area contributed by atoms with Crippen LogP contribution in [0.1, 0.15) is 31.7 Å². The first-order chi connectivity index (χ1) is 9.63. The zero-order chi connectivity index (χ0) is 14.5. The minimum atomic E-state index is -0.796. The first-order valence-corrected chi connectivity index (χ1v) is 6.60. The minimum Gasteiger partial charge on any atom is -0.493 e. The van der Waals surface area contributed by atoms with Gasteiger partial charge in [-0.1, -0.05) is 18.2 Å².